The molecule has 0 N–H and O–H groups in total. The molecule has 0 nitrogen and oxygen atoms in total. The molecule has 0 heteroatoms. The molecule has 17 rings (SSSR count). The quantitative estimate of drug-likeness (QED) is 0.146. The predicted molar refractivity (Wildman–Crippen MR) is 351 cm³/mol. The monoisotopic (exact) mass is 1050 g/mol. The Morgan fingerprint density at radius 3 is 0.723 bits per heavy atom. The lowest BCUT2D eigenvalue weighted by molar-refractivity contribution is 0.661. The summed E-state index contributed by atoms with van der Waals surface area (Å²) in [4.78, 5) is 0. The summed E-state index contributed by atoms with van der Waals surface area (Å²) in [5.74, 6) is 0. The fourth-order valence-corrected chi connectivity index (χ4v) is 16.0. The molecule has 0 saturated carbocycles. The Morgan fingerprint density at radius 2 is 0.422 bits per heavy atom. The molecule has 0 amide bonds. The van der Waals surface area contributed by atoms with Crippen molar-refractivity contribution < 1.29 is 0 Å². The molecular weight excluding hydrogens is 997 g/mol. The zero-order valence-electron chi connectivity index (χ0n) is 47.1. The molecule has 83 heavy (non-hydrogen) atoms. The summed E-state index contributed by atoms with van der Waals surface area (Å²) in [6.07, 6.45) is 0. The number of benzene rings is 14. The third kappa shape index (κ3) is 6.58. The lowest BCUT2D eigenvalue weighted by Gasteiger charge is -2.29. The summed E-state index contributed by atoms with van der Waals surface area (Å²) in [6.45, 7) is 9.72. The van der Waals surface area contributed by atoms with E-state index in [-0.39, 0.29) is 16.2 Å². The molecule has 3 aliphatic carbocycles. The Labute approximate surface area is 485 Å². The van der Waals surface area contributed by atoms with Gasteiger partial charge in [-0.3, -0.25) is 0 Å². The fraction of sp³-hybridized carbons (Fsp3) is 0.0843. The number of rotatable bonds is 6. The Bertz CT molecular complexity index is 4640. The van der Waals surface area contributed by atoms with Crippen molar-refractivity contribution in [2.75, 3.05) is 0 Å². The van der Waals surface area contributed by atoms with E-state index < -0.39 is 0 Å². The van der Waals surface area contributed by atoms with Gasteiger partial charge in [-0.25, -0.2) is 0 Å². The summed E-state index contributed by atoms with van der Waals surface area (Å²) in [7, 11) is 0. The molecule has 2 unspecified atom stereocenters. The van der Waals surface area contributed by atoms with Crippen LogP contribution < -0.4 is 0 Å². The molecule has 3 aliphatic rings. The van der Waals surface area contributed by atoms with Crippen LogP contribution >= 0.6 is 0 Å². The maximum absolute atomic E-state index is 2.53. The van der Waals surface area contributed by atoms with E-state index in [4.69, 9.17) is 0 Å². The minimum absolute atomic E-state index is 0.269. The lowest BCUT2D eigenvalue weighted by Crippen LogP contribution is -2.22. The topological polar surface area (TPSA) is 0 Å². The van der Waals surface area contributed by atoms with Crippen LogP contribution in [-0.4, -0.2) is 0 Å². The van der Waals surface area contributed by atoms with Crippen LogP contribution in [0.5, 0.6) is 0 Å². The molecule has 0 saturated heterocycles. The Hall–Kier alpha value is -9.88. The Balaban J connectivity index is 0.790. The average molecular weight is 1060 g/mol. The normalized spacial score (nSPS) is 16.9. The molecule has 0 aromatic heterocycles. The molecule has 2 atom stereocenters. The first kappa shape index (κ1) is 47.9. The minimum Gasteiger partial charge on any atom is -0.0622 e. The van der Waals surface area contributed by atoms with Crippen molar-refractivity contribution in [3.63, 3.8) is 0 Å². The van der Waals surface area contributed by atoms with Gasteiger partial charge in [-0.15, -0.1) is 0 Å². The highest BCUT2D eigenvalue weighted by Crippen LogP contribution is 2.58. The fourth-order valence-electron chi connectivity index (χ4n) is 16.0. The summed E-state index contributed by atoms with van der Waals surface area (Å²) in [5.41, 5.74) is 28.0. The third-order valence-corrected chi connectivity index (χ3v) is 20.0. The minimum atomic E-state index is -0.291. The lowest BCUT2D eigenvalue weighted by atomic mass is 9.73. The van der Waals surface area contributed by atoms with Gasteiger partial charge in [0, 0.05) is 16.2 Å². The van der Waals surface area contributed by atoms with Gasteiger partial charge in [0.2, 0.25) is 0 Å². The molecule has 390 valence electrons. The average Bonchev–Trinajstić information content (AvgIpc) is 2.03. The van der Waals surface area contributed by atoms with E-state index in [2.05, 4.69) is 307 Å². The van der Waals surface area contributed by atoms with Crippen molar-refractivity contribution in [3.8, 4) is 77.9 Å². The molecule has 0 radical (unpaired) electrons. The number of fused-ring (bicyclic) bond motifs is 13. The highest BCUT2D eigenvalue weighted by Gasteiger charge is 2.43. The maximum Gasteiger partial charge on any atom is 0.0435 e. The smallest absolute Gasteiger partial charge is 0.0435 e. The van der Waals surface area contributed by atoms with Gasteiger partial charge in [-0.2, -0.15) is 0 Å². The van der Waals surface area contributed by atoms with Crippen molar-refractivity contribution >= 4 is 43.1 Å². The van der Waals surface area contributed by atoms with Gasteiger partial charge in [0.1, 0.15) is 0 Å². The molecule has 0 fully saturated rings. The summed E-state index contributed by atoms with van der Waals surface area (Å²) >= 11 is 0. The van der Waals surface area contributed by atoms with Gasteiger partial charge < -0.3 is 0 Å². The Kier molecular flexibility index (Phi) is 10.1. The molecule has 14 aromatic carbocycles. The maximum atomic E-state index is 2.53. The molecule has 0 heterocycles. The van der Waals surface area contributed by atoms with Crippen LogP contribution in [0.3, 0.4) is 0 Å². The first-order valence-electron chi connectivity index (χ1n) is 29.5. The van der Waals surface area contributed by atoms with Crippen LogP contribution in [0, 0.1) is 0 Å². The van der Waals surface area contributed by atoms with Crippen LogP contribution in [0.25, 0.3) is 121 Å². The number of hydrogen-bond acceptors (Lipinski definition) is 0. The van der Waals surface area contributed by atoms with E-state index in [1.807, 2.05) is 0 Å². The SMILES string of the molecule is CC1(C)c2cc(-c3c4ccccc4c(-c4ccc5c(c4)C(C)(c4ccccc4)c4ccccc4-5)c4ccccc34)ccc2-c2ccc(-c3c4ccccc4c(-c4ccc5c(c4)C(C)(c4ccccc4)c4ccccc4-5)c4ccccc34)cc21. The van der Waals surface area contributed by atoms with Crippen LogP contribution in [0.4, 0.5) is 0 Å². The first-order chi connectivity index (χ1) is 40.7. The molecule has 0 bridgehead atoms. The van der Waals surface area contributed by atoms with E-state index in [1.165, 1.54) is 165 Å². The summed E-state index contributed by atoms with van der Waals surface area (Å²) < 4.78 is 0. The van der Waals surface area contributed by atoms with Crippen molar-refractivity contribution in [2.24, 2.45) is 0 Å². The van der Waals surface area contributed by atoms with Crippen LogP contribution in [0.1, 0.15) is 72.2 Å². The van der Waals surface area contributed by atoms with Crippen molar-refractivity contribution in [1.82, 2.24) is 0 Å². The van der Waals surface area contributed by atoms with Crippen molar-refractivity contribution in [2.45, 2.75) is 43.9 Å². The number of hydrogen-bond donors (Lipinski definition) is 0. The van der Waals surface area contributed by atoms with Gasteiger partial charge >= 0.3 is 0 Å². The Morgan fingerprint density at radius 1 is 0.193 bits per heavy atom. The first-order valence-corrected chi connectivity index (χ1v) is 29.5. The van der Waals surface area contributed by atoms with E-state index >= 15 is 0 Å². The summed E-state index contributed by atoms with van der Waals surface area (Å²) in [6, 6.07) is 106. The highest BCUT2D eigenvalue weighted by molar-refractivity contribution is 6.23. The second kappa shape index (κ2) is 17.6. The van der Waals surface area contributed by atoms with Gasteiger partial charge in [0.25, 0.3) is 0 Å². The zero-order chi connectivity index (χ0) is 55.3. The standard InChI is InChI=1S/C83H58/c1-81(2)73-47-51(77-63-29-11-15-33-67(63)79(68-34-16-12-30-64(68)77)53-41-45-61-57-27-19-21-37-71(57)82(3,75(61)49-53)55-23-7-5-8-24-55)39-43-59(73)60-44-40-52(48-74(60)81)78-65-31-13-17-35-69(65)80(70-36-18-14-32-66(70)78)54-42-46-62-58-28-20-22-38-72(58)83(4,76(62)50-54)56-25-9-6-10-26-56/h5-50H,1-4H3. The van der Waals surface area contributed by atoms with Crippen molar-refractivity contribution in [1.29, 1.82) is 0 Å². The molecule has 0 spiro atoms. The van der Waals surface area contributed by atoms with E-state index in [0.717, 1.165) is 0 Å². The second-order valence-corrected chi connectivity index (χ2v) is 24.4. The molecular formula is C83H58. The van der Waals surface area contributed by atoms with E-state index in [1.54, 1.807) is 0 Å². The third-order valence-electron chi connectivity index (χ3n) is 20.0. The molecule has 14 aromatic rings. The van der Waals surface area contributed by atoms with Gasteiger partial charge in [0.05, 0.1) is 0 Å². The van der Waals surface area contributed by atoms with Crippen LogP contribution in [0.15, 0.2) is 279 Å². The van der Waals surface area contributed by atoms with Crippen LogP contribution in [-0.2, 0) is 16.2 Å². The zero-order valence-corrected chi connectivity index (χ0v) is 47.1. The van der Waals surface area contributed by atoms with Crippen molar-refractivity contribution in [3.05, 3.63) is 324 Å². The van der Waals surface area contributed by atoms with Gasteiger partial charge in [0.15, 0.2) is 0 Å². The van der Waals surface area contributed by atoms with E-state index in [0.29, 0.717) is 0 Å². The van der Waals surface area contributed by atoms with Gasteiger partial charge in [-0.1, -0.05) is 269 Å². The van der Waals surface area contributed by atoms with Gasteiger partial charge in [-0.05, 0) is 204 Å². The highest BCUT2D eigenvalue weighted by atomic mass is 14.5. The largest absolute Gasteiger partial charge is 0.0622 e. The molecule has 0 aliphatic heterocycles. The second-order valence-electron chi connectivity index (χ2n) is 24.4. The van der Waals surface area contributed by atoms with Crippen LogP contribution in [0.2, 0.25) is 0 Å². The van der Waals surface area contributed by atoms with E-state index in [9.17, 15) is 0 Å². The summed E-state index contributed by atoms with van der Waals surface area (Å²) in [5, 5.41) is 10.1. The predicted octanol–water partition coefficient (Wildman–Crippen LogP) is 21.9.